The van der Waals surface area contributed by atoms with E-state index in [-0.39, 0.29) is 0 Å². The number of rotatable bonds is 2. The predicted octanol–water partition coefficient (Wildman–Crippen LogP) is -0.546. The molecule has 0 rings (SSSR count). The lowest BCUT2D eigenvalue weighted by molar-refractivity contribution is 0.264. The van der Waals surface area contributed by atoms with E-state index in [4.69, 9.17) is 5.11 Å². The zero-order chi connectivity index (χ0) is 4.99. The molecule has 0 aromatic heterocycles. The molecule has 0 saturated carbocycles. The summed E-state index contributed by atoms with van der Waals surface area (Å²) in [6.45, 7) is 0.545. The van der Waals surface area contributed by atoms with Crippen molar-refractivity contribution in [2.45, 2.75) is 5.44 Å². The molecule has 0 aliphatic rings. The number of aliphatic hydroxyl groups excluding tert-OH is 1. The first kappa shape index (κ1) is 6.27. The Morgan fingerprint density at radius 2 is 2.50 bits per heavy atom. The van der Waals surface area contributed by atoms with Crippen LogP contribution in [0.4, 0.5) is 0 Å². The number of aliphatic hydroxyl groups is 1. The van der Waals surface area contributed by atoms with Gasteiger partial charge in [-0.15, -0.1) is 12.6 Å². The fourth-order valence-electron chi connectivity index (χ4n) is 0.183. The van der Waals surface area contributed by atoms with E-state index in [0.29, 0.717) is 6.54 Å². The highest BCUT2D eigenvalue weighted by atomic mass is 32.1. The van der Waals surface area contributed by atoms with Crippen LogP contribution in [-0.4, -0.2) is 24.1 Å². The van der Waals surface area contributed by atoms with Crippen LogP contribution in [0.5, 0.6) is 0 Å². The Labute approximate surface area is 43.0 Å². The summed E-state index contributed by atoms with van der Waals surface area (Å²) in [4.78, 5) is 0. The summed E-state index contributed by atoms with van der Waals surface area (Å²) in [5, 5.41) is 11.1. The van der Waals surface area contributed by atoms with Gasteiger partial charge in [-0.3, -0.25) is 0 Å². The first-order valence-corrected chi connectivity index (χ1v) is 2.29. The average molecular weight is 107 g/mol. The van der Waals surface area contributed by atoms with Crippen LogP contribution in [0, 0.1) is 0 Å². The fourth-order valence-corrected chi connectivity index (χ4v) is 0.365. The Morgan fingerprint density at radius 1 is 2.00 bits per heavy atom. The first-order chi connectivity index (χ1) is 2.77. The van der Waals surface area contributed by atoms with Crippen molar-refractivity contribution in [3.63, 3.8) is 0 Å². The van der Waals surface area contributed by atoms with Gasteiger partial charge in [0.15, 0.2) is 0 Å². The lowest BCUT2D eigenvalue weighted by atomic mass is 10.7. The Balaban J connectivity index is 2.63. The molecule has 0 spiro atoms. The summed E-state index contributed by atoms with van der Waals surface area (Å²) in [6.07, 6.45) is 0. The molecule has 0 saturated heterocycles. The van der Waals surface area contributed by atoms with Gasteiger partial charge in [0, 0.05) is 6.54 Å². The van der Waals surface area contributed by atoms with Crippen molar-refractivity contribution in [3.05, 3.63) is 0 Å². The highest BCUT2D eigenvalue weighted by Gasteiger charge is 1.87. The van der Waals surface area contributed by atoms with E-state index in [2.05, 4.69) is 17.9 Å². The van der Waals surface area contributed by atoms with Crippen LogP contribution < -0.4 is 5.32 Å². The SMILES string of the molecule is CNCC(O)S. The summed E-state index contributed by atoms with van der Waals surface area (Å²) in [7, 11) is 1.76. The van der Waals surface area contributed by atoms with Crippen LogP contribution in [0.15, 0.2) is 0 Å². The molecular formula is C3H9NOS. The molecule has 0 radical (unpaired) electrons. The highest BCUT2D eigenvalue weighted by Crippen LogP contribution is 1.80. The molecule has 0 heterocycles. The molecule has 0 amide bonds. The third-order valence-electron chi connectivity index (χ3n) is 0.387. The summed E-state index contributed by atoms with van der Waals surface area (Å²) in [6, 6.07) is 0. The van der Waals surface area contributed by atoms with E-state index in [0.717, 1.165) is 0 Å². The Morgan fingerprint density at radius 3 is 2.50 bits per heavy atom. The Hall–Kier alpha value is 0.270. The predicted molar refractivity (Wildman–Crippen MR) is 28.9 cm³/mol. The molecule has 1 atom stereocenters. The largest absolute Gasteiger partial charge is 0.381 e. The maximum atomic E-state index is 8.35. The molecule has 0 fully saturated rings. The van der Waals surface area contributed by atoms with E-state index in [1.54, 1.807) is 7.05 Å². The van der Waals surface area contributed by atoms with E-state index in [1.165, 1.54) is 0 Å². The second-order valence-electron chi connectivity index (χ2n) is 1.04. The van der Waals surface area contributed by atoms with Gasteiger partial charge >= 0.3 is 0 Å². The molecule has 2 N–H and O–H groups in total. The number of thiol groups is 1. The number of hydrogen-bond acceptors (Lipinski definition) is 3. The van der Waals surface area contributed by atoms with Gasteiger partial charge in [0.25, 0.3) is 0 Å². The van der Waals surface area contributed by atoms with Crippen LogP contribution in [0.1, 0.15) is 0 Å². The summed E-state index contributed by atoms with van der Waals surface area (Å²) in [5.74, 6) is 0. The van der Waals surface area contributed by atoms with Crippen molar-refractivity contribution in [1.29, 1.82) is 0 Å². The van der Waals surface area contributed by atoms with Gasteiger partial charge in [0.2, 0.25) is 0 Å². The van der Waals surface area contributed by atoms with Gasteiger partial charge < -0.3 is 10.4 Å². The van der Waals surface area contributed by atoms with Crippen molar-refractivity contribution in [1.82, 2.24) is 5.32 Å². The van der Waals surface area contributed by atoms with Crippen LogP contribution in [0.3, 0.4) is 0 Å². The van der Waals surface area contributed by atoms with Crippen molar-refractivity contribution >= 4 is 12.6 Å². The van der Waals surface area contributed by atoms with Crippen LogP contribution in [-0.2, 0) is 0 Å². The molecule has 0 aromatic rings. The second-order valence-corrected chi connectivity index (χ2v) is 1.63. The van der Waals surface area contributed by atoms with E-state index in [1.807, 2.05) is 0 Å². The van der Waals surface area contributed by atoms with Crippen molar-refractivity contribution < 1.29 is 5.11 Å². The molecular weight excluding hydrogens is 98.1 g/mol. The first-order valence-electron chi connectivity index (χ1n) is 1.78. The monoisotopic (exact) mass is 107 g/mol. The second kappa shape index (κ2) is 3.46. The van der Waals surface area contributed by atoms with Crippen LogP contribution in [0.2, 0.25) is 0 Å². The minimum Gasteiger partial charge on any atom is -0.381 e. The van der Waals surface area contributed by atoms with Gasteiger partial charge in [-0.2, -0.15) is 0 Å². The molecule has 0 aliphatic heterocycles. The normalized spacial score (nSPS) is 14.5. The summed E-state index contributed by atoms with van der Waals surface area (Å²) in [5.41, 5.74) is -0.519. The third-order valence-corrected chi connectivity index (χ3v) is 0.569. The fraction of sp³-hybridized carbons (Fsp3) is 1.00. The average Bonchev–Trinajstić information content (AvgIpc) is 1.35. The molecule has 6 heavy (non-hydrogen) atoms. The third kappa shape index (κ3) is 4.27. The molecule has 1 unspecified atom stereocenters. The smallest absolute Gasteiger partial charge is 0.109 e. The van der Waals surface area contributed by atoms with E-state index < -0.39 is 5.44 Å². The van der Waals surface area contributed by atoms with E-state index >= 15 is 0 Å². The number of likely N-dealkylation sites (N-methyl/N-ethyl adjacent to an activating group) is 1. The minimum atomic E-state index is -0.519. The summed E-state index contributed by atoms with van der Waals surface area (Å²) < 4.78 is 0. The van der Waals surface area contributed by atoms with Crippen LogP contribution in [0.25, 0.3) is 0 Å². The molecule has 0 aromatic carbocycles. The topological polar surface area (TPSA) is 32.3 Å². The molecule has 3 heteroatoms. The maximum Gasteiger partial charge on any atom is 0.109 e. The molecule has 38 valence electrons. The Kier molecular flexibility index (Phi) is 3.62. The van der Waals surface area contributed by atoms with E-state index in [9.17, 15) is 0 Å². The highest BCUT2D eigenvalue weighted by molar-refractivity contribution is 7.80. The van der Waals surface area contributed by atoms with Crippen molar-refractivity contribution in [2.24, 2.45) is 0 Å². The zero-order valence-corrected chi connectivity index (χ0v) is 4.57. The lowest BCUT2D eigenvalue weighted by Gasteiger charge is -1.97. The van der Waals surface area contributed by atoms with Gasteiger partial charge in [0.05, 0.1) is 0 Å². The maximum absolute atomic E-state index is 8.35. The van der Waals surface area contributed by atoms with Gasteiger partial charge in [-0.05, 0) is 7.05 Å². The lowest BCUT2D eigenvalue weighted by Crippen LogP contribution is -2.17. The summed E-state index contributed by atoms with van der Waals surface area (Å²) >= 11 is 3.67. The molecule has 0 aliphatic carbocycles. The number of nitrogens with one attached hydrogen (secondary N) is 1. The molecule has 2 nitrogen and oxygen atoms in total. The van der Waals surface area contributed by atoms with Crippen LogP contribution >= 0.6 is 12.6 Å². The van der Waals surface area contributed by atoms with Gasteiger partial charge in [0.1, 0.15) is 5.44 Å². The van der Waals surface area contributed by atoms with Gasteiger partial charge in [-0.1, -0.05) is 0 Å². The van der Waals surface area contributed by atoms with Crippen molar-refractivity contribution in [3.8, 4) is 0 Å². The van der Waals surface area contributed by atoms with Crippen molar-refractivity contribution in [2.75, 3.05) is 13.6 Å². The zero-order valence-electron chi connectivity index (χ0n) is 3.68. The Bertz CT molecular complexity index is 32.0. The molecule has 0 bridgehead atoms. The quantitative estimate of drug-likeness (QED) is 0.327. The standard InChI is InChI=1S/C3H9NOS/c1-4-2-3(5)6/h3-6H,2H2,1H3. The minimum absolute atomic E-state index is 0.519. The number of hydrogen-bond donors (Lipinski definition) is 3. The van der Waals surface area contributed by atoms with Gasteiger partial charge in [-0.25, -0.2) is 0 Å².